The molecule has 5 heteroatoms. The van der Waals surface area contributed by atoms with E-state index in [2.05, 4.69) is 57.3 Å². The molecule has 0 aliphatic carbocycles. The summed E-state index contributed by atoms with van der Waals surface area (Å²) in [7, 11) is 2.03. The molecular formula is C16H24BrN3O. The van der Waals surface area contributed by atoms with Crippen molar-refractivity contribution in [3.05, 3.63) is 34.3 Å². The Morgan fingerprint density at radius 2 is 1.95 bits per heavy atom. The van der Waals surface area contributed by atoms with Gasteiger partial charge in [-0.15, -0.1) is 0 Å². The van der Waals surface area contributed by atoms with Gasteiger partial charge in [0.2, 0.25) is 5.91 Å². The van der Waals surface area contributed by atoms with Gasteiger partial charge in [-0.3, -0.25) is 9.69 Å². The van der Waals surface area contributed by atoms with Crippen molar-refractivity contribution in [2.45, 2.75) is 19.4 Å². The maximum absolute atomic E-state index is 12.3. The Morgan fingerprint density at radius 1 is 1.33 bits per heavy atom. The molecule has 1 aromatic carbocycles. The van der Waals surface area contributed by atoms with Crippen LogP contribution in [-0.2, 0) is 11.2 Å². The SMILES string of the molecule is CC(Cc1ccc(Br)cc1)N(C)CC(=O)N1CCNCC1. The quantitative estimate of drug-likeness (QED) is 0.875. The van der Waals surface area contributed by atoms with Crippen molar-refractivity contribution in [3.63, 3.8) is 0 Å². The molecule has 1 aromatic rings. The summed E-state index contributed by atoms with van der Waals surface area (Å²) in [6, 6.07) is 8.74. The first-order chi connectivity index (χ1) is 10.1. The van der Waals surface area contributed by atoms with E-state index in [9.17, 15) is 4.79 Å². The van der Waals surface area contributed by atoms with E-state index in [1.807, 2.05) is 11.9 Å². The number of hydrogen-bond acceptors (Lipinski definition) is 3. The summed E-state index contributed by atoms with van der Waals surface area (Å²) >= 11 is 3.45. The number of hydrogen-bond donors (Lipinski definition) is 1. The summed E-state index contributed by atoms with van der Waals surface area (Å²) in [6.07, 6.45) is 0.957. The van der Waals surface area contributed by atoms with Crippen molar-refractivity contribution >= 4 is 21.8 Å². The summed E-state index contributed by atoms with van der Waals surface area (Å²) in [5.74, 6) is 0.238. The summed E-state index contributed by atoms with van der Waals surface area (Å²) in [5.41, 5.74) is 1.30. The lowest BCUT2D eigenvalue weighted by Crippen LogP contribution is -2.50. The molecule has 2 rings (SSSR count). The van der Waals surface area contributed by atoms with Crippen LogP contribution in [0.5, 0.6) is 0 Å². The van der Waals surface area contributed by atoms with E-state index in [4.69, 9.17) is 0 Å². The highest BCUT2D eigenvalue weighted by Crippen LogP contribution is 2.13. The molecule has 1 saturated heterocycles. The van der Waals surface area contributed by atoms with E-state index in [0.29, 0.717) is 12.6 Å². The Morgan fingerprint density at radius 3 is 2.57 bits per heavy atom. The zero-order valence-corrected chi connectivity index (χ0v) is 14.4. The van der Waals surface area contributed by atoms with Gasteiger partial charge in [0.05, 0.1) is 6.54 Å². The molecule has 1 fully saturated rings. The van der Waals surface area contributed by atoms with Crippen LogP contribution in [0.4, 0.5) is 0 Å². The molecule has 0 saturated carbocycles. The number of rotatable bonds is 5. The fourth-order valence-corrected chi connectivity index (χ4v) is 2.77. The van der Waals surface area contributed by atoms with Gasteiger partial charge in [0.1, 0.15) is 0 Å². The molecule has 1 N–H and O–H groups in total. The monoisotopic (exact) mass is 353 g/mol. The Balaban J connectivity index is 1.82. The molecule has 21 heavy (non-hydrogen) atoms. The molecule has 1 aliphatic heterocycles. The topological polar surface area (TPSA) is 35.6 Å². The number of amides is 1. The van der Waals surface area contributed by atoms with Gasteiger partial charge in [0.15, 0.2) is 0 Å². The molecule has 0 spiro atoms. The van der Waals surface area contributed by atoms with Crippen LogP contribution in [0.3, 0.4) is 0 Å². The predicted molar refractivity (Wildman–Crippen MR) is 89.4 cm³/mol. The molecule has 1 unspecified atom stereocenters. The van der Waals surface area contributed by atoms with Crippen LogP contribution >= 0.6 is 15.9 Å². The van der Waals surface area contributed by atoms with Gasteiger partial charge in [0, 0.05) is 36.7 Å². The number of nitrogens with one attached hydrogen (secondary N) is 1. The second-order valence-electron chi connectivity index (χ2n) is 5.73. The van der Waals surface area contributed by atoms with Gasteiger partial charge >= 0.3 is 0 Å². The van der Waals surface area contributed by atoms with Crippen LogP contribution < -0.4 is 5.32 Å². The molecule has 116 valence electrons. The van der Waals surface area contributed by atoms with Crippen LogP contribution in [0.15, 0.2) is 28.7 Å². The lowest BCUT2D eigenvalue weighted by molar-refractivity contribution is -0.133. The van der Waals surface area contributed by atoms with Crippen molar-refractivity contribution in [3.8, 4) is 0 Å². The van der Waals surface area contributed by atoms with E-state index in [0.717, 1.165) is 37.1 Å². The van der Waals surface area contributed by atoms with Crippen LogP contribution in [-0.4, -0.2) is 61.5 Å². The summed E-state index contributed by atoms with van der Waals surface area (Å²) in [6.45, 7) is 6.14. The standard InChI is InChI=1S/C16H24BrN3O/c1-13(11-14-3-5-15(17)6-4-14)19(2)12-16(21)20-9-7-18-8-10-20/h3-6,13,18H,7-12H2,1-2H3. The van der Waals surface area contributed by atoms with E-state index >= 15 is 0 Å². The van der Waals surface area contributed by atoms with Gasteiger partial charge in [0.25, 0.3) is 0 Å². The number of piperazine rings is 1. The van der Waals surface area contributed by atoms with Crippen molar-refractivity contribution in [2.75, 3.05) is 39.8 Å². The highest BCUT2D eigenvalue weighted by molar-refractivity contribution is 9.10. The van der Waals surface area contributed by atoms with E-state index in [1.54, 1.807) is 0 Å². The minimum absolute atomic E-state index is 0.238. The maximum Gasteiger partial charge on any atom is 0.236 e. The van der Waals surface area contributed by atoms with Crippen LogP contribution in [0.1, 0.15) is 12.5 Å². The van der Waals surface area contributed by atoms with Crippen LogP contribution in [0.2, 0.25) is 0 Å². The average molecular weight is 354 g/mol. The molecular weight excluding hydrogens is 330 g/mol. The molecule has 1 heterocycles. The summed E-state index contributed by atoms with van der Waals surface area (Å²) < 4.78 is 1.10. The van der Waals surface area contributed by atoms with Gasteiger partial charge in [-0.2, -0.15) is 0 Å². The second kappa shape index (κ2) is 7.92. The molecule has 1 amide bonds. The zero-order valence-electron chi connectivity index (χ0n) is 12.8. The third-order valence-corrected chi connectivity index (χ3v) is 4.58. The number of halogens is 1. The molecule has 0 radical (unpaired) electrons. The van der Waals surface area contributed by atoms with Crippen molar-refractivity contribution in [1.82, 2.24) is 15.1 Å². The zero-order chi connectivity index (χ0) is 15.2. The maximum atomic E-state index is 12.3. The fourth-order valence-electron chi connectivity index (χ4n) is 2.50. The minimum atomic E-state index is 0.238. The fraction of sp³-hybridized carbons (Fsp3) is 0.562. The minimum Gasteiger partial charge on any atom is -0.339 e. The highest BCUT2D eigenvalue weighted by Gasteiger charge is 2.19. The number of nitrogens with zero attached hydrogens (tertiary/aromatic N) is 2. The van der Waals surface area contributed by atoms with Crippen molar-refractivity contribution in [1.29, 1.82) is 0 Å². The Hall–Kier alpha value is -0.910. The van der Waals surface area contributed by atoms with Gasteiger partial charge < -0.3 is 10.2 Å². The molecule has 1 atom stereocenters. The normalized spacial score (nSPS) is 17.0. The van der Waals surface area contributed by atoms with Crippen LogP contribution in [0.25, 0.3) is 0 Å². The predicted octanol–water partition coefficient (Wildman–Crippen LogP) is 1.74. The first kappa shape index (κ1) is 16.5. The van der Waals surface area contributed by atoms with Crippen LogP contribution in [0, 0.1) is 0 Å². The smallest absolute Gasteiger partial charge is 0.236 e. The van der Waals surface area contributed by atoms with E-state index < -0.39 is 0 Å². The second-order valence-corrected chi connectivity index (χ2v) is 6.64. The molecule has 4 nitrogen and oxygen atoms in total. The molecule has 0 bridgehead atoms. The lowest BCUT2D eigenvalue weighted by atomic mass is 10.1. The average Bonchev–Trinajstić information content (AvgIpc) is 2.50. The number of carbonyl (C=O) groups is 1. The number of benzene rings is 1. The van der Waals surface area contributed by atoms with Gasteiger partial charge in [-0.05, 0) is 38.1 Å². The Bertz CT molecular complexity index is 457. The Kier molecular flexibility index (Phi) is 6.21. The first-order valence-electron chi connectivity index (χ1n) is 7.49. The van der Waals surface area contributed by atoms with E-state index in [-0.39, 0.29) is 5.91 Å². The van der Waals surface area contributed by atoms with E-state index in [1.165, 1.54) is 5.56 Å². The Labute approximate surface area is 135 Å². The molecule has 0 aromatic heterocycles. The molecule has 1 aliphatic rings. The van der Waals surface area contributed by atoms with Gasteiger partial charge in [-0.1, -0.05) is 28.1 Å². The third-order valence-electron chi connectivity index (χ3n) is 4.05. The summed E-state index contributed by atoms with van der Waals surface area (Å²) in [4.78, 5) is 16.4. The van der Waals surface area contributed by atoms with Gasteiger partial charge in [-0.25, -0.2) is 0 Å². The largest absolute Gasteiger partial charge is 0.339 e. The third kappa shape index (κ3) is 5.09. The summed E-state index contributed by atoms with van der Waals surface area (Å²) in [5, 5.41) is 3.27. The number of carbonyl (C=O) groups excluding carboxylic acids is 1. The highest BCUT2D eigenvalue weighted by atomic mass is 79.9. The lowest BCUT2D eigenvalue weighted by Gasteiger charge is -2.31. The number of likely N-dealkylation sites (N-methyl/N-ethyl adjacent to an activating group) is 1. The van der Waals surface area contributed by atoms with Crippen molar-refractivity contribution < 1.29 is 4.79 Å². The van der Waals surface area contributed by atoms with Crippen molar-refractivity contribution in [2.24, 2.45) is 0 Å². The first-order valence-corrected chi connectivity index (χ1v) is 8.28.